The molecule has 2 aliphatic rings. The first kappa shape index (κ1) is 24.5. The van der Waals surface area contributed by atoms with Gasteiger partial charge in [-0.25, -0.2) is 9.97 Å². The Morgan fingerprint density at radius 1 is 0.811 bits per heavy atom. The van der Waals surface area contributed by atoms with Crippen molar-refractivity contribution < 1.29 is 19.1 Å². The predicted octanol–water partition coefficient (Wildman–Crippen LogP) is 3.62. The fourth-order valence-corrected chi connectivity index (χ4v) is 4.57. The highest BCUT2D eigenvalue weighted by Crippen LogP contribution is 2.32. The lowest BCUT2D eigenvalue weighted by Crippen LogP contribution is -2.52. The molecule has 4 heterocycles. The third-order valence-corrected chi connectivity index (χ3v) is 6.61. The molecule has 0 spiro atoms. The number of fused-ring (bicyclic) bond motifs is 2. The van der Waals surface area contributed by atoms with E-state index < -0.39 is 0 Å². The van der Waals surface area contributed by atoms with Crippen LogP contribution in [-0.2, 0) is 4.79 Å². The maximum Gasteiger partial charge on any atom is 0.259 e. The van der Waals surface area contributed by atoms with Crippen LogP contribution in [0.25, 0.3) is 0 Å². The van der Waals surface area contributed by atoms with Gasteiger partial charge in [0.25, 0.3) is 5.91 Å². The standard InChI is InChI=1S/C28H31N5O4/c34-26(32-18-16-31(17-19-32)25-12-4-5-13-29-25)21-33-15-6-1-7-20-36-23-10-2-3-11-24(23)37-27-22(28(33)35)9-8-14-30-27/h2-5,8-14H,1,6-7,15-21H2. The summed E-state index contributed by atoms with van der Waals surface area (Å²) < 4.78 is 12.0. The highest BCUT2D eigenvalue weighted by Gasteiger charge is 2.27. The number of carbonyl (C=O) groups is 2. The van der Waals surface area contributed by atoms with E-state index >= 15 is 0 Å². The van der Waals surface area contributed by atoms with E-state index in [9.17, 15) is 9.59 Å². The number of rotatable bonds is 3. The van der Waals surface area contributed by atoms with E-state index in [2.05, 4.69) is 14.9 Å². The van der Waals surface area contributed by atoms with Gasteiger partial charge in [0.05, 0.1) is 6.61 Å². The molecule has 0 bridgehead atoms. The molecule has 1 aromatic carbocycles. The average Bonchev–Trinajstić information content (AvgIpc) is 2.96. The molecule has 0 saturated carbocycles. The van der Waals surface area contributed by atoms with Gasteiger partial charge < -0.3 is 24.2 Å². The van der Waals surface area contributed by atoms with Gasteiger partial charge in [0.15, 0.2) is 11.5 Å². The summed E-state index contributed by atoms with van der Waals surface area (Å²) in [6.45, 7) is 3.62. The van der Waals surface area contributed by atoms with Gasteiger partial charge in [-0.05, 0) is 55.7 Å². The number of ether oxygens (including phenoxy) is 2. The van der Waals surface area contributed by atoms with Crippen molar-refractivity contribution in [2.24, 2.45) is 0 Å². The zero-order chi connectivity index (χ0) is 25.5. The topological polar surface area (TPSA) is 88.1 Å². The largest absolute Gasteiger partial charge is 0.490 e. The summed E-state index contributed by atoms with van der Waals surface area (Å²) in [7, 11) is 0. The van der Waals surface area contributed by atoms with Gasteiger partial charge in [-0.1, -0.05) is 18.2 Å². The van der Waals surface area contributed by atoms with Gasteiger partial charge in [-0.2, -0.15) is 0 Å². The highest BCUT2D eigenvalue weighted by molar-refractivity contribution is 5.98. The normalized spacial score (nSPS) is 16.8. The number of amides is 2. The van der Waals surface area contributed by atoms with Crippen LogP contribution in [0.5, 0.6) is 17.4 Å². The second kappa shape index (κ2) is 11.7. The molecule has 192 valence electrons. The minimum atomic E-state index is -0.263. The average molecular weight is 502 g/mol. The Bertz CT molecular complexity index is 1210. The molecule has 9 nitrogen and oxygen atoms in total. The van der Waals surface area contributed by atoms with Crippen molar-refractivity contribution in [3.05, 3.63) is 72.6 Å². The van der Waals surface area contributed by atoms with Crippen LogP contribution < -0.4 is 14.4 Å². The first-order chi connectivity index (χ1) is 18.2. The van der Waals surface area contributed by atoms with Crippen molar-refractivity contribution in [3.63, 3.8) is 0 Å². The van der Waals surface area contributed by atoms with Gasteiger partial charge in [0.1, 0.15) is 17.9 Å². The zero-order valence-electron chi connectivity index (χ0n) is 20.8. The van der Waals surface area contributed by atoms with Crippen LogP contribution in [0.1, 0.15) is 29.6 Å². The molecule has 1 saturated heterocycles. The number of piperazine rings is 1. The number of aromatic nitrogens is 2. The van der Waals surface area contributed by atoms with E-state index in [4.69, 9.17) is 9.47 Å². The van der Waals surface area contributed by atoms with Crippen LogP contribution in [0.15, 0.2) is 67.0 Å². The lowest BCUT2D eigenvalue weighted by molar-refractivity contribution is -0.132. The van der Waals surface area contributed by atoms with Crippen LogP contribution in [0.4, 0.5) is 5.82 Å². The molecule has 3 aromatic rings. The zero-order valence-corrected chi connectivity index (χ0v) is 20.8. The molecule has 1 fully saturated rings. The predicted molar refractivity (Wildman–Crippen MR) is 139 cm³/mol. The Labute approximate surface area is 216 Å². The monoisotopic (exact) mass is 501 g/mol. The summed E-state index contributed by atoms with van der Waals surface area (Å²) in [6.07, 6.45) is 5.85. The van der Waals surface area contributed by atoms with Crippen molar-refractivity contribution in [1.82, 2.24) is 19.8 Å². The van der Waals surface area contributed by atoms with Gasteiger partial charge >= 0.3 is 0 Å². The van der Waals surface area contributed by atoms with Crippen molar-refractivity contribution in [1.29, 1.82) is 0 Å². The number of benzene rings is 1. The van der Waals surface area contributed by atoms with Crippen molar-refractivity contribution >= 4 is 17.6 Å². The van der Waals surface area contributed by atoms with Crippen molar-refractivity contribution in [2.45, 2.75) is 19.3 Å². The smallest absolute Gasteiger partial charge is 0.259 e. The summed E-state index contributed by atoms with van der Waals surface area (Å²) in [5, 5.41) is 0. The number of para-hydroxylation sites is 2. The summed E-state index contributed by atoms with van der Waals surface area (Å²) in [4.78, 5) is 41.4. The maximum atomic E-state index is 13.7. The first-order valence-electron chi connectivity index (χ1n) is 12.8. The molecule has 0 unspecified atom stereocenters. The Morgan fingerprint density at radius 2 is 1.59 bits per heavy atom. The fourth-order valence-electron chi connectivity index (χ4n) is 4.57. The number of carbonyl (C=O) groups excluding carboxylic acids is 2. The van der Waals surface area contributed by atoms with E-state index in [1.807, 2.05) is 41.3 Å². The van der Waals surface area contributed by atoms with Crippen LogP contribution in [0.2, 0.25) is 0 Å². The Kier molecular flexibility index (Phi) is 7.78. The second-order valence-corrected chi connectivity index (χ2v) is 9.10. The van der Waals surface area contributed by atoms with Crippen molar-refractivity contribution in [2.75, 3.05) is 50.8 Å². The van der Waals surface area contributed by atoms with E-state index in [0.29, 0.717) is 56.4 Å². The lowest BCUT2D eigenvalue weighted by Gasteiger charge is -2.36. The Hall–Kier alpha value is -4.14. The second-order valence-electron chi connectivity index (χ2n) is 9.10. The Morgan fingerprint density at radius 3 is 2.41 bits per heavy atom. The Balaban J connectivity index is 1.31. The van der Waals surface area contributed by atoms with E-state index in [1.165, 1.54) is 0 Å². The number of anilines is 1. The van der Waals surface area contributed by atoms with Gasteiger partial charge in [-0.15, -0.1) is 0 Å². The molecule has 5 rings (SSSR count). The molecule has 9 heteroatoms. The van der Waals surface area contributed by atoms with Crippen LogP contribution in [0.3, 0.4) is 0 Å². The summed E-state index contributed by atoms with van der Waals surface area (Å²) in [5.74, 6) is 1.91. The van der Waals surface area contributed by atoms with E-state index in [-0.39, 0.29) is 24.2 Å². The maximum absolute atomic E-state index is 13.7. The number of hydrogen-bond acceptors (Lipinski definition) is 7. The molecule has 0 aliphatic carbocycles. The molecule has 2 aromatic heterocycles. The molecule has 2 amide bonds. The van der Waals surface area contributed by atoms with E-state index in [1.54, 1.807) is 35.5 Å². The van der Waals surface area contributed by atoms with Crippen LogP contribution in [0, 0.1) is 0 Å². The SMILES string of the molecule is O=C(CN1CCCCCOc2ccccc2Oc2ncccc2C1=O)N1CCN(c2ccccn2)CC1. The molecule has 2 aliphatic heterocycles. The van der Waals surface area contributed by atoms with Gasteiger partial charge in [0, 0.05) is 45.1 Å². The fraction of sp³-hybridized carbons (Fsp3) is 0.357. The number of pyridine rings is 2. The minimum Gasteiger partial charge on any atom is -0.490 e. The molecule has 0 atom stereocenters. The lowest BCUT2D eigenvalue weighted by atomic mass is 10.2. The van der Waals surface area contributed by atoms with Crippen LogP contribution in [-0.4, -0.2) is 77.5 Å². The molecular formula is C28H31N5O4. The molecule has 0 N–H and O–H groups in total. The third-order valence-electron chi connectivity index (χ3n) is 6.61. The van der Waals surface area contributed by atoms with E-state index in [0.717, 1.165) is 25.1 Å². The quantitative estimate of drug-likeness (QED) is 0.542. The minimum absolute atomic E-state index is 0.0177. The molecule has 0 radical (unpaired) electrons. The van der Waals surface area contributed by atoms with Gasteiger partial charge in [-0.3, -0.25) is 9.59 Å². The number of nitrogens with zero attached hydrogens (tertiary/aromatic N) is 5. The molecule has 37 heavy (non-hydrogen) atoms. The molecular weight excluding hydrogens is 470 g/mol. The van der Waals surface area contributed by atoms with Crippen LogP contribution >= 0.6 is 0 Å². The summed E-state index contributed by atoms with van der Waals surface area (Å²) in [6, 6.07) is 16.6. The highest BCUT2D eigenvalue weighted by atomic mass is 16.5. The first-order valence-corrected chi connectivity index (χ1v) is 12.8. The summed E-state index contributed by atoms with van der Waals surface area (Å²) in [5.41, 5.74) is 0.323. The summed E-state index contributed by atoms with van der Waals surface area (Å²) >= 11 is 0. The van der Waals surface area contributed by atoms with Crippen molar-refractivity contribution in [3.8, 4) is 17.4 Å². The third kappa shape index (κ3) is 5.99. The van der Waals surface area contributed by atoms with Gasteiger partial charge in [0.2, 0.25) is 11.8 Å². The number of hydrogen-bond donors (Lipinski definition) is 0.